The van der Waals surface area contributed by atoms with Gasteiger partial charge in [0.25, 0.3) is 0 Å². The lowest BCUT2D eigenvalue weighted by Crippen LogP contribution is -2.35. The van der Waals surface area contributed by atoms with Gasteiger partial charge in [0, 0.05) is 5.69 Å². The lowest BCUT2D eigenvalue weighted by Gasteiger charge is -2.16. The number of hydrogen-bond acceptors (Lipinski definition) is 3. The molecule has 0 fully saturated rings. The molecule has 0 spiro atoms. The van der Waals surface area contributed by atoms with E-state index in [4.69, 9.17) is 11.6 Å². The van der Waals surface area contributed by atoms with Crippen molar-refractivity contribution in [3.63, 3.8) is 0 Å². The van der Waals surface area contributed by atoms with Crippen molar-refractivity contribution in [3.8, 4) is 0 Å². The number of urea groups is 1. The summed E-state index contributed by atoms with van der Waals surface area (Å²) < 4.78 is 40.2. The monoisotopic (exact) mass is 422 g/mol. The number of benzene rings is 2. The second-order valence-electron chi connectivity index (χ2n) is 7.30. The molecule has 5 nitrogen and oxygen atoms in total. The summed E-state index contributed by atoms with van der Waals surface area (Å²) in [5.41, 5.74) is 5.71. The molecule has 0 saturated heterocycles. The van der Waals surface area contributed by atoms with Gasteiger partial charge in [-0.05, 0) is 78.5 Å². The summed E-state index contributed by atoms with van der Waals surface area (Å²) >= 11 is 5.62. The van der Waals surface area contributed by atoms with Crippen LogP contribution in [0.25, 0.3) is 0 Å². The van der Waals surface area contributed by atoms with Gasteiger partial charge in [0.1, 0.15) is 5.82 Å². The summed E-state index contributed by atoms with van der Waals surface area (Å²) in [6.45, 7) is 0. The number of carbonyl (C=O) groups excluding carboxylic acids is 1. The number of halogens is 2. The Bertz CT molecular complexity index is 1040. The van der Waals surface area contributed by atoms with Gasteiger partial charge in [-0.15, -0.1) is 0 Å². The van der Waals surface area contributed by atoms with E-state index in [2.05, 4.69) is 11.4 Å². The number of rotatable bonds is 4. The maximum atomic E-state index is 13.5. The Balaban J connectivity index is 1.51. The van der Waals surface area contributed by atoms with Gasteiger partial charge >= 0.3 is 6.03 Å². The molecule has 0 radical (unpaired) electrons. The molecule has 2 aromatic carbocycles. The van der Waals surface area contributed by atoms with E-state index >= 15 is 0 Å². The molecule has 0 aliphatic heterocycles. The maximum absolute atomic E-state index is 13.5. The van der Waals surface area contributed by atoms with Crippen LogP contribution in [-0.2, 0) is 41.5 Å². The van der Waals surface area contributed by atoms with Crippen LogP contribution < -0.4 is 10.0 Å². The molecule has 2 N–H and O–H groups in total. The van der Waals surface area contributed by atoms with E-state index in [1.807, 2.05) is 4.72 Å². The van der Waals surface area contributed by atoms with Gasteiger partial charge < -0.3 is 5.32 Å². The SMILES string of the molecule is O=C(Nc1c2c(cc3c1CCC3)CCC2)NS(=O)(=O)Cc1ccc(Cl)c(F)c1. The van der Waals surface area contributed by atoms with E-state index in [9.17, 15) is 17.6 Å². The van der Waals surface area contributed by atoms with Crippen molar-refractivity contribution in [2.45, 2.75) is 44.3 Å². The number of hydrogen-bond donors (Lipinski definition) is 2. The first kappa shape index (κ1) is 19.2. The smallest absolute Gasteiger partial charge is 0.307 e. The molecule has 0 atom stereocenters. The zero-order valence-corrected chi connectivity index (χ0v) is 16.7. The number of anilines is 1. The first-order chi connectivity index (χ1) is 13.3. The van der Waals surface area contributed by atoms with Crippen molar-refractivity contribution in [1.29, 1.82) is 0 Å². The third-order valence-corrected chi connectivity index (χ3v) is 6.82. The summed E-state index contributed by atoms with van der Waals surface area (Å²) in [7, 11) is -3.98. The first-order valence-corrected chi connectivity index (χ1v) is 11.3. The second-order valence-corrected chi connectivity index (χ2v) is 9.43. The highest BCUT2D eigenvalue weighted by atomic mass is 35.5. The van der Waals surface area contributed by atoms with Gasteiger partial charge in [0.2, 0.25) is 10.0 Å². The fourth-order valence-electron chi connectivity index (χ4n) is 4.13. The summed E-state index contributed by atoms with van der Waals surface area (Å²) in [5.74, 6) is -1.21. The number of sulfonamides is 1. The van der Waals surface area contributed by atoms with Crippen LogP contribution in [-0.4, -0.2) is 14.4 Å². The molecule has 2 aromatic rings. The first-order valence-electron chi connectivity index (χ1n) is 9.24. The lowest BCUT2D eigenvalue weighted by molar-refractivity contribution is 0.256. The fraction of sp³-hybridized carbons (Fsp3) is 0.350. The van der Waals surface area contributed by atoms with Crippen molar-refractivity contribution in [2.75, 3.05) is 5.32 Å². The van der Waals surface area contributed by atoms with Crippen LogP contribution in [0, 0.1) is 5.82 Å². The van der Waals surface area contributed by atoms with Crippen molar-refractivity contribution >= 4 is 33.3 Å². The Morgan fingerprint density at radius 2 is 1.68 bits per heavy atom. The average Bonchev–Trinajstić information content (AvgIpc) is 3.26. The highest BCUT2D eigenvalue weighted by Gasteiger charge is 2.26. The molecule has 28 heavy (non-hydrogen) atoms. The number of nitrogens with one attached hydrogen (secondary N) is 2. The fourth-order valence-corrected chi connectivity index (χ4v) is 5.27. The number of amides is 2. The minimum absolute atomic E-state index is 0.0846. The molecule has 8 heteroatoms. The molecule has 0 saturated carbocycles. The summed E-state index contributed by atoms with van der Waals surface area (Å²) in [6.07, 6.45) is 5.81. The zero-order valence-electron chi connectivity index (χ0n) is 15.1. The molecule has 2 aliphatic carbocycles. The predicted octanol–water partition coefficient (Wildman–Crippen LogP) is 4.11. The van der Waals surface area contributed by atoms with E-state index in [0.29, 0.717) is 0 Å². The van der Waals surface area contributed by atoms with Crippen LogP contribution in [0.2, 0.25) is 5.02 Å². The molecule has 2 aliphatic rings. The molecule has 0 heterocycles. The van der Waals surface area contributed by atoms with Gasteiger partial charge in [0.05, 0.1) is 10.8 Å². The zero-order chi connectivity index (χ0) is 19.9. The van der Waals surface area contributed by atoms with Crippen LogP contribution in [0.15, 0.2) is 24.3 Å². The number of carbonyl (C=O) groups is 1. The van der Waals surface area contributed by atoms with E-state index in [0.717, 1.165) is 61.4 Å². The van der Waals surface area contributed by atoms with E-state index in [1.165, 1.54) is 23.3 Å². The van der Waals surface area contributed by atoms with Crippen molar-refractivity contribution in [3.05, 3.63) is 62.9 Å². The van der Waals surface area contributed by atoms with Gasteiger partial charge in [-0.2, -0.15) is 0 Å². The average molecular weight is 423 g/mol. The third kappa shape index (κ3) is 3.86. The highest BCUT2D eigenvalue weighted by Crippen LogP contribution is 2.38. The highest BCUT2D eigenvalue weighted by molar-refractivity contribution is 7.89. The van der Waals surface area contributed by atoms with Gasteiger partial charge in [-0.25, -0.2) is 22.3 Å². The Labute approximate surface area is 168 Å². The van der Waals surface area contributed by atoms with E-state index in [1.54, 1.807) is 0 Å². The lowest BCUT2D eigenvalue weighted by atomic mass is 9.99. The Morgan fingerprint density at radius 1 is 1.04 bits per heavy atom. The molecular formula is C20H20ClFN2O3S. The predicted molar refractivity (Wildman–Crippen MR) is 107 cm³/mol. The number of aryl methyl sites for hydroxylation is 2. The van der Waals surface area contributed by atoms with Crippen molar-refractivity contribution in [1.82, 2.24) is 4.72 Å². The molecule has 0 aromatic heterocycles. The third-order valence-electron chi connectivity index (χ3n) is 5.30. The molecule has 2 amide bonds. The Kier molecular flexibility index (Phi) is 5.05. The standard InChI is InChI=1S/C20H20ClFN2O3S/c21-17-8-7-12(9-18(17)22)11-28(26,27)24-20(25)23-19-15-5-1-3-13(15)10-14-4-2-6-16(14)19/h7-10H,1-6,11H2,(H2,23,24,25). The van der Waals surface area contributed by atoms with Gasteiger partial charge in [0.15, 0.2) is 0 Å². The van der Waals surface area contributed by atoms with Gasteiger partial charge in [-0.3, -0.25) is 0 Å². The largest absolute Gasteiger partial charge is 0.332 e. The molecule has 4 rings (SSSR count). The number of fused-ring (bicyclic) bond motifs is 2. The minimum Gasteiger partial charge on any atom is -0.307 e. The minimum atomic E-state index is -3.98. The Hall–Kier alpha value is -2.12. The summed E-state index contributed by atoms with van der Waals surface area (Å²) in [6, 6.07) is 5.21. The van der Waals surface area contributed by atoms with Crippen LogP contribution in [0.4, 0.5) is 14.9 Å². The van der Waals surface area contributed by atoms with Crippen molar-refractivity contribution < 1.29 is 17.6 Å². The summed E-state index contributed by atoms with van der Waals surface area (Å²) in [4.78, 5) is 12.4. The van der Waals surface area contributed by atoms with Crippen LogP contribution in [0.3, 0.4) is 0 Å². The topological polar surface area (TPSA) is 75.3 Å². The van der Waals surface area contributed by atoms with Crippen molar-refractivity contribution in [2.24, 2.45) is 0 Å². The molecule has 0 bridgehead atoms. The molecule has 0 unspecified atom stereocenters. The quantitative estimate of drug-likeness (QED) is 0.778. The Morgan fingerprint density at radius 3 is 2.29 bits per heavy atom. The van der Waals surface area contributed by atoms with Gasteiger partial charge in [-0.1, -0.05) is 23.7 Å². The van der Waals surface area contributed by atoms with E-state index < -0.39 is 27.6 Å². The molecular weight excluding hydrogens is 403 g/mol. The van der Waals surface area contributed by atoms with Crippen LogP contribution in [0.1, 0.15) is 40.7 Å². The summed E-state index contributed by atoms with van der Waals surface area (Å²) in [5, 5.41) is 2.70. The van der Waals surface area contributed by atoms with Crippen LogP contribution >= 0.6 is 11.6 Å². The molecule has 148 valence electrons. The van der Waals surface area contributed by atoms with Crippen LogP contribution in [0.5, 0.6) is 0 Å². The maximum Gasteiger partial charge on any atom is 0.332 e. The second kappa shape index (κ2) is 7.37. The van der Waals surface area contributed by atoms with E-state index in [-0.39, 0.29) is 10.6 Å². The normalized spacial score (nSPS) is 15.2.